The van der Waals surface area contributed by atoms with Crippen LogP contribution in [0.25, 0.3) is 0 Å². The number of rotatable bonds is 6. The number of hydrogen-bond donors (Lipinski definition) is 1. The maximum absolute atomic E-state index is 13.0. The number of hydrogen-bond acceptors (Lipinski definition) is 3. The van der Waals surface area contributed by atoms with E-state index in [4.69, 9.17) is 20.8 Å². The number of aryl methyl sites for hydroxylation is 1. The molecule has 4 aliphatic rings. The Morgan fingerprint density at radius 2 is 1.81 bits per heavy atom. The maximum atomic E-state index is 13.0. The first kappa shape index (κ1) is 20.9. The van der Waals surface area contributed by atoms with E-state index >= 15 is 0 Å². The van der Waals surface area contributed by atoms with Crippen molar-refractivity contribution in [2.24, 2.45) is 17.8 Å². The van der Waals surface area contributed by atoms with Crippen LogP contribution in [0.15, 0.2) is 28.7 Å². The molecule has 0 radical (unpaired) electrons. The van der Waals surface area contributed by atoms with Crippen molar-refractivity contribution in [3.05, 3.63) is 51.9 Å². The molecule has 1 aromatic carbocycles. The van der Waals surface area contributed by atoms with Gasteiger partial charge in [0.1, 0.15) is 18.1 Å². The van der Waals surface area contributed by atoms with E-state index in [-0.39, 0.29) is 18.1 Å². The minimum atomic E-state index is -0.0848. The first-order valence-electron chi connectivity index (χ1n) is 11.6. The number of nitrogens with one attached hydrogen (secondary N) is 1. The molecule has 4 nitrogen and oxygen atoms in total. The molecule has 0 unspecified atom stereocenters. The fourth-order valence-corrected chi connectivity index (χ4v) is 6.71. The third-order valence-electron chi connectivity index (χ3n) is 7.59. The molecule has 0 atom stereocenters. The van der Waals surface area contributed by atoms with Crippen LogP contribution in [-0.4, -0.2) is 11.4 Å². The van der Waals surface area contributed by atoms with Gasteiger partial charge >= 0.3 is 0 Å². The second kappa shape index (κ2) is 7.88. The summed E-state index contributed by atoms with van der Waals surface area (Å²) in [7, 11) is 0. The number of ether oxygens (including phenoxy) is 1. The van der Waals surface area contributed by atoms with Crippen molar-refractivity contribution in [1.29, 1.82) is 0 Å². The van der Waals surface area contributed by atoms with E-state index < -0.39 is 0 Å². The van der Waals surface area contributed by atoms with Crippen molar-refractivity contribution in [2.45, 2.75) is 77.4 Å². The molecular formula is C26H32ClNO3. The lowest BCUT2D eigenvalue weighted by molar-refractivity contribution is -0.0171. The second-order valence-corrected chi connectivity index (χ2v) is 10.9. The van der Waals surface area contributed by atoms with Crippen LogP contribution in [0.4, 0.5) is 0 Å². The van der Waals surface area contributed by atoms with Crippen LogP contribution in [0.5, 0.6) is 5.75 Å². The van der Waals surface area contributed by atoms with Crippen LogP contribution >= 0.6 is 11.6 Å². The molecule has 2 aromatic rings. The van der Waals surface area contributed by atoms with E-state index in [1.165, 1.54) is 19.3 Å². The first-order valence-corrected chi connectivity index (χ1v) is 12.0. The highest BCUT2D eigenvalue weighted by Gasteiger charge is 2.51. The minimum Gasteiger partial charge on any atom is -0.485 e. The van der Waals surface area contributed by atoms with Gasteiger partial charge in [-0.3, -0.25) is 4.79 Å². The summed E-state index contributed by atoms with van der Waals surface area (Å²) < 4.78 is 11.9. The lowest BCUT2D eigenvalue weighted by Crippen LogP contribution is -2.59. The highest BCUT2D eigenvalue weighted by Crippen LogP contribution is 2.55. The van der Waals surface area contributed by atoms with Gasteiger partial charge in [-0.1, -0.05) is 25.4 Å². The third-order valence-corrected chi connectivity index (χ3v) is 7.99. The van der Waals surface area contributed by atoms with Crippen molar-refractivity contribution in [3.63, 3.8) is 0 Å². The highest BCUT2D eigenvalue weighted by atomic mass is 35.5. The van der Waals surface area contributed by atoms with Crippen molar-refractivity contribution >= 4 is 17.5 Å². The molecule has 4 aliphatic carbocycles. The predicted molar refractivity (Wildman–Crippen MR) is 122 cm³/mol. The standard InChI is InChI=1S/C26H32ClNO3/c1-15(2)21-10-22(27)16(3)6-24(21)30-14-20-4-5-23(31-20)25(29)28-26-11-17-7-18(12-26)9-19(8-17)13-26/h4-6,10,15,17-19H,7-9,11-14H2,1-3H3,(H,28,29). The summed E-state index contributed by atoms with van der Waals surface area (Å²) in [6.45, 7) is 6.49. The Morgan fingerprint density at radius 3 is 2.42 bits per heavy atom. The lowest BCUT2D eigenvalue weighted by atomic mass is 9.53. The van der Waals surface area contributed by atoms with Crippen LogP contribution in [0.1, 0.15) is 85.7 Å². The van der Waals surface area contributed by atoms with Crippen LogP contribution in [0, 0.1) is 24.7 Å². The molecule has 4 fully saturated rings. The monoisotopic (exact) mass is 441 g/mol. The van der Waals surface area contributed by atoms with E-state index in [1.807, 2.05) is 25.1 Å². The van der Waals surface area contributed by atoms with Crippen molar-refractivity contribution in [2.75, 3.05) is 0 Å². The van der Waals surface area contributed by atoms with Crippen LogP contribution < -0.4 is 10.1 Å². The fraction of sp³-hybridized carbons (Fsp3) is 0.577. The molecule has 1 heterocycles. The van der Waals surface area contributed by atoms with Crippen molar-refractivity contribution in [1.82, 2.24) is 5.32 Å². The summed E-state index contributed by atoms with van der Waals surface area (Å²) in [6, 6.07) is 7.56. The molecule has 5 heteroatoms. The smallest absolute Gasteiger partial charge is 0.287 e. The zero-order valence-corrected chi connectivity index (χ0v) is 19.4. The minimum absolute atomic E-state index is 0.0116. The molecule has 4 bridgehead atoms. The molecule has 0 spiro atoms. The number of carbonyl (C=O) groups is 1. The topological polar surface area (TPSA) is 51.5 Å². The number of benzene rings is 1. The van der Waals surface area contributed by atoms with Gasteiger partial charge in [0, 0.05) is 10.6 Å². The van der Waals surface area contributed by atoms with Crippen molar-refractivity contribution in [3.8, 4) is 5.75 Å². The Balaban J connectivity index is 1.25. The van der Waals surface area contributed by atoms with Crippen LogP contribution in [0.3, 0.4) is 0 Å². The van der Waals surface area contributed by atoms with E-state index in [2.05, 4.69) is 19.2 Å². The Labute approximate surface area is 189 Å². The fourth-order valence-electron chi connectivity index (χ4n) is 6.54. The zero-order chi connectivity index (χ0) is 21.8. The highest BCUT2D eigenvalue weighted by molar-refractivity contribution is 6.31. The molecule has 1 aromatic heterocycles. The summed E-state index contributed by atoms with van der Waals surface area (Å²) in [4.78, 5) is 13.0. The molecular weight excluding hydrogens is 410 g/mol. The van der Waals surface area contributed by atoms with Crippen LogP contribution in [0.2, 0.25) is 5.02 Å². The number of halogens is 1. The summed E-state index contributed by atoms with van der Waals surface area (Å²) in [5.74, 6) is 4.45. The maximum Gasteiger partial charge on any atom is 0.287 e. The molecule has 0 saturated heterocycles. The number of amides is 1. The summed E-state index contributed by atoms with van der Waals surface area (Å²) in [5.41, 5.74) is 2.04. The molecule has 31 heavy (non-hydrogen) atoms. The van der Waals surface area contributed by atoms with E-state index in [9.17, 15) is 4.79 Å². The van der Waals surface area contributed by atoms with Gasteiger partial charge in [0.25, 0.3) is 5.91 Å². The average molecular weight is 442 g/mol. The molecule has 6 rings (SSSR count). The molecule has 0 aliphatic heterocycles. The van der Waals surface area contributed by atoms with Gasteiger partial charge in [0.2, 0.25) is 0 Å². The molecule has 4 saturated carbocycles. The van der Waals surface area contributed by atoms with Gasteiger partial charge in [-0.15, -0.1) is 0 Å². The van der Waals surface area contributed by atoms with Gasteiger partial charge < -0.3 is 14.5 Å². The Hall–Kier alpha value is -1.94. The predicted octanol–water partition coefficient (Wildman–Crippen LogP) is 6.64. The second-order valence-electron chi connectivity index (χ2n) is 10.5. The normalized spacial score (nSPS) is 28.9. The summed E-state index contributed by atoms with van der Waals surface area (Å²) >= 11 is 6.29. The van der Waals surface area contributed by atoms with Gasteiger partial charge in [0.05, 0.1) is 0 Å². The van der Waals surface area contributed by atoms with Crippen molar-refractivity contribution < 1.29 is 13.9 Å². The summed E-state index contributed by atoms with van der Waals surface area (Å²) in [5, 5.41) is 4.13. The third kappa shape index (κ3) is 4.11. The quantitative estimate of drug-likeness (QED) is 0.546. The van der Waals surface area contributed by atoms with Gasteiger partial charge in [-0.25, -0.2) is 0 Å². The molecule has 166 valence electrons. The summed E-state index contributed by atoms with van der Waals surface area (Å²) in [6.07, 6.45) is 7.49. The lowest BCUT2D eigenvalue weighted by Gasteiger charge is -2.56. The largest absolute Gasteiger partial charge is 0.485 e. The van der Waals surface area contributed by atoms with Gasteiger partial charge in [0.15, 0.2) is 5.76 Å². The number of furan rings is 1. The van der Waals surface area contributed by atoms with Gasteiger partial charge in [-0.05, 0) is 105 Å². The Bertz CT molecular complexity index is 957. The molecule has 1 amide bonds. The molecule has 1 N–H and O–H groups in total. The Kier molecular flexibility index (Phi) is 5.32. The number of carbonyl (C=O) groups excluding carboxylic acids is 1. The zero-order valence-electron chi connectivity index (χ0n) is 18.7. The Morgan fingerprint density at radius 1 is 1.16 bits per heavy atom. The van der Waals surface area contributed by atoms with E-state index in [0.717, 1.165) is 58.9 Å². The first-order chi connectivity index (χ1) is 14.8. The van der Waals surface area contributed by atoms with Gasteiger partial charge in [-0.2, -0.15) is 0 Å². The SMILES string of the molecule is Cc1cc(OCc2ccc(C(=O)NC34CC5CC(CC(C5)C3)C4)o2)c(C(C)C)cc1Cl. The van der Waals surface area contributed by atoms with E-state index in [0.29, 0.717) is 17.4 Å². The average Bonchev–Trinajstić information content (AvgIpc) is 3.16. The van der Waals surface area contributed by atoms with E-state index in [1.54, 1.807) is 6.07 Å². The van der Waals surface area contributed by atoms with Crippen LogP contribution in [-0.2, 0) is 6.61 Å².